The Balaban J connectivity index is 2.68. The number of hydrogen-bond donors (Lipinski definition) is 1. The first-order valence-electron chi connectivity index (χ1n) is 7.81. The Morgan fingerprint density at radius 3 is 2.25 bits per heavy atom. The number of carbonyl (C=O) groups excluding carboxylic acids is 1. The van der Waals surface area contributed by atoms with Crippen LogP contribution < -0.4 is 5.32 Å². The van der Waals surface area contributed by atoms with Crippen molar-refractivity contribution in [1.29, 1.82) is 0 Å². The lowest BCUT2D eigenvalue weighted by Crippen LogP contribution is -2.47. The van der Waals surface area contributed by atoms with Gasteiger partial charge in [-0.25, -0.2) is 17.6 Å². The third kappa shape index (κ3) is 6.45. The first-order valence-corrected chi connectivity index (χ1v) is 9.46. The van der Waals surface area contributed by atoms with Crippen LogP contribution in [0.15, 0.2) is 29.2 Å². The normalized spacial score (nSPS) is 11.8. The van der Waals surface area contributed by atoms with E-state index in [9.17, 15) is 17.6 Å². The van der Waals surface area contributed by atoms with Crippen LogP contribution in [0.5, 0.6) is 0 Å². The molecule has 2 amide bonds. The van der Waals surface area contributed by atoms with E-state index < -0.39 is 15.7 Å². The van der Waals surface area contributed by atoms with Crippen molar-refractivity contribution in [2.75, 3.05) is 39.5 Å². The van der Waals surface area contributed by atoms with Gasteiger partial charge in [0.05, 0.1) is 10.6 Å². The quantitative estimate of drug-likeness (QED) is 0.716. The van der Waals surface area contributed by atoms with E-state index >= 15 is 0 Å². The number of likely N-dealkylation sites (N-methyl/N-ethyl adjacent to an activating group) is 1. The Hall–Kier alpha value is -1.67. The minimum absolute atomic E-state index is 0.0561. The van der Waals surface area contributed by atoms with E-state index in [0.29, 0.717) is 13.1 Å². The highest BCUT2D eigenvalue weighted by atomic mass is 32.2. The van der Waals surface area contributed by atoms with Crippen LogP contribution in [0, 0.1) is 5.82 Å². The fourth-order valence-electron chi connectivity index (χ4n) is 2.06. The summed E-state index contributed by atoms with van der Waals surface area (Å²) < 4.78 is 37.5. The van der Waals surface area contributed by atoms with Crippen molar-refractivity contribution < 1.29 is 17.6 Å². The van der Waals surface area contributed by atoms with E-state index in [2.05, 4.69) is 5.32 Å². The summed E-state index contributed by atoms with van der Waals surface area (Å²) in [5.74, 6) is -0.698. The molecule has 6 nitrogen and oxygen atoms in total. The van der Waals surface area contributed by atoms with E-state index in [0.717, 1.165) is 12.1 Å². The maximum absolute atomic E-state index is 12.9. The van der Waals surface area contributed by atoms with Crippen LogP contribution in [0.4, 0.5) is 9.18 Å². The highest BCUT2D eigenvalue weighted by Gasteiger charge is 2.21. The number of amides is 2. The lowest BCUT2D eigenvalue weighted by Gasteiger charge is -2.27. The Bertz CT molecular complexity index is 630. The molecular formula is C16H26FN3O3S. The van der Waals surface area contributed by atoms with Crippen LogP contribution in [0.3, 0.4) is 0 Å². The second-order valence-corrected chi connectivity index (χ2v) is 8.20. The van der Waals surface area contributed by atoms with Crippen LogP contribution in [0.2, 0.25) is 0 Å². The standard InChI is InChI=1S/C16H26FN3O3S/c1-13(2)20(16(21)18-9-10-19(3)4)11-12-24(22,23)15-7-5-14(17)6-8-15/h5-8,13H,9-12H2,1-4H3,(H,18,21). The second-order valence-electron chi connectivity index (χ2n) is 6.10. The van der Waals surface area contributed by atoms with Gasteiger partial charge in [0.25, 0.3) is 0 Å². The topological polar surface area (TPSA) is 69.7 Å². The summed E-state index contributed by atoms with van der Waals surface area (Å²) in [5.41, 5.74) is 0. The Kier molecular flexibility index (Phi) is 7.62. The summed E-state index contributed by atoms with van der Waals surface area (Å²) in [6.45, 7) is 4.92. The molecule has 1 aromatic rings. The number of urea groups is 1. The van der Waals surface area contributed by atoms with Crippen molar-refractivity contribution in [3.05, 3.63) is 30.1 Å². The van der Waals surface area contributed by atoms with Crippen LogP contribution in [-0.2, 0) is 9.84 Å². The number of rotatable bonds is 8. The van der Waals surface area contributed by atoms with E-state index in [1.807, 2.05) is 32.8 Å². The SMILES string of the molecule is CC(C)N(CCS(=O)(=O)c1ccc(F)cc1)C(=O)NCCN(C)C. The van der Waals surface area contributed by atoms with Crippen molar-refractivity contribution in [3.63, 3.8) is 0 Å². The molecule has 0 radical (unpaired) electrons. The Morgan fingerprint density at radius 1 is 1.17 bits per heavy atom. The summed E-state index contributed by atoms with van der Waals surface area (Å²) in [5, 5.41) is 2.78. The molecule has 8 heteroatoms. The van der Waals surface area contributed by atoms with Crippen molar-refractivity contribution in [1.82, 2.24) is 15.1 Å². The molecule has 0 saturated carbocycles. The number of hydrogen-bond acceptors (Lipinski definition) is 4. The molecule has 1 N–H and O–H groups in total. The van der Waals surface area contributed by atoms with Gasteiger partial charge in [0.15, 0.2) is 9.84 Å². The fourth-order valence-corrected chi connectivity index (χ4v) is 3.28. The predicted molar refractivity (Wildman–Crippen MR) is 92.2 cm³/mol. The van der Waals surface area contributed by atoms with Gasteiger partial charge in [-0.3, -0.25) is 0 Å². The molecule has 0 saturated heterocycles. The molecule has 0 aliphatic rings. The predicted octanol–water partition coefficient (Wildman–Crippen LogP) is 1.58. The number of halogens is 1. The van der Waals surface area contributed by atoms with Gasteiger partial charge in [-0.2, -0.15) is 0 Å². The minimum Gasteiger partial charge on any atom is -0.337 e. The second kappa shape index (κ2) is 8.98. The molecule has 0 spiro atoms. The first-order chi connectivity index (χ1) is 11.1. The molecule has 0 atom stereocenters. The van der Waals surface area contributed by atoms with Crippen molar-refractivity contribution in [3.8, 4) is 0 Å². The van der Waals surface area contributed by atoms with E-state index in [-0.39, 0.29) is 29.3 Å². The molecule has 1 aromatic carbocycles. The maximum Gasteiger partial charge on any atom is 0.317 e. The average molecular weight is 359 g/mol. The Labute approximate surface area is 143 Å². The van der Waals surface area contributed by atoms with E-state index in [4.69, 9.17) is 0 Å². The van der Waals surface area contributed by atoms with Gasteiger partial charge in [0, 0.05) is 25.7 Å². The molecular weight excluding hydrogens is 333 g/mol. The third-order valence-corrected chi connectivity index (χ3v) is 5.20. The molecule has 0 aliphatic carbocycles. The average Bonchev–Trinajstić information content (AvgIpc) is 2.47. The van der Waals surface area contributed by atoms with Gasteiger partial charge in [-0.1, -0.05) is 0 Å². The van der Waals surface area contributed by atoms with Crippen molar-refractivity contribution in [2.24, 2.45) is 0 Å². The Morgan fingerprint density at radius 2 is 1.75 bits per heavy atom. The van der Waals surface area contributed by atoms with Gasteiger partial charge in [-0.15, -0.1) is 0 Å². The summed E-state index contributed by atoms with van der Waals surface area (Å²) in [7, 11) is 0.239. The number of benzene rings is 1. The lowest BCUT2D eigenvalue weighted by molar-refractivity contribution is 0.186. The zero-order valence-electron chi connectivity index (χ0n) is 14.6. The number of nitrogens with zero attached hydrogens (tertiary/aromatic N) is 2. The lowest BCUT2D eigenvalue weighted by atomic mass is 10.3. The van der Waals surface area contributed by atoms with Crippen LogP contribution in [0.1, 0.15) is 13.8 Å². The van der Waals surface area contributed by atoms with Gasteiger partial charge >= 0.3 is 6.03 Å². The fraction of sp³-hybridized carbons (Fsp3) is 0.562. The number of carbonyl (C=O) groups is 1. The van der Waals surface area contributed by atoms with Gasteiger partial charge < -0.3 is 15.1 Å². The van der Waals surface area contributed by atoms with Crippen LogP contribution >= 0.6 is 0 Å². The van der Waals surface area contributed by atoms with Crippen LogP contribution in [-0.4, -0.2) is 69.8 Å². The van der Waals surface area contributed by atoms with Gasteiger partial charge in [0.1, 0.15) is 5.82 Å². The van der Waals surface area contributed by atoms with Gasteiger partial charge in [-0.05, 0) is 52.2 Å². The molecule has 0 fully saturated rings. The van der Waals surface area contributed by atoms with E-state index in [1.165, 1.54) is 17.0 Å². The monoisotopic (exact) mass is 359 g/mol. The molecule has 0 unspecified atom stereocenters. The summed E-state index contributed by atoms with van der Waals surface area (Å²) in [6, 6.07) is 4.28. The largest absolute Gasteiger partial charge is 0.337 e. The maximum atomic E-state index is 12.9. The third-order valence-electron chi connectivity index (χ3n) is 3.49. The van der Waals surface area contributed by atoms with Crippen molar-refractivity contribution in [2.45, 2.75) is 24.8 Å². The molecule has 136 valence electrons. The highest BCUT2D eigenvalue weighted by molar-refractivity contribution is 7.91. The summed E-state index contributed by atoms with van der Waals surface area (Å²) >= 11 is 0. The summed E-state index contributed by atoms with van der Waals surface area (Å²) in [4.78, 5) is 15.7. The zero-order valence-corrected chi connectivity index (χ0v) is 15.4. The van der Waals surface area contributed by atoms with Gasteiger partial charge in [0.2, 0.25) is 0 Å². The molecule has 0 aromatic heterocycles. The summed E-state index contributed by atoms with van der Waals surface area (Å²) in [6.07, 6.45) is 0. The molecule has 1 rings (SSSR count). The minimum atomic E-state index is -3.57. The molecule has 0 heterocycles. The highest BCUT2D eigenvalue weighted by Crippen LogP contribution is 2.13. The molecule has 0 aliphatic heterocycles. The molecule has 0 bridgehead atoms. The zero-order chi connectivity index (χ0) is 18.3. The number of nitrogens with one attached hydrogen (secondary N) is 1. The van der Waals surface area contributed by atoms with Crippen molar-refractivity contribution >= 4 is 15.9 Å². The first kappa shape index (κ1) is 20.4. The molecule has 24 heavy (non-hydrogen) atoms. The van der Waals surface area contributed by atoms with Crippen LogP contribution in [0.25, 0.3) is 0 Å². The smallest absolute Gasteiger partial charge is 0.317 e. The number of sulfone groups is 1. The van der Waals surface area contributed by atoms with E-state index in [1.54, 1.807) is 0 Å².